The largest absolute Gasteiger partial charge is 0.340 e. The highest BCUT2D eigenvalue weighted by Gasteiger charge is 2.54. The van der Waals surface area contributed by atoms with Crippen molar-refractivity contribution in [3.63, 3.8) is 0 Å². The Morgan fingerprint density at radius 2 is 2.10 bits per heavy atom. The quantitative estimate of drug-likeness (QED) is 0.628. The van der Waals surface area contributed by atoms with E-state index in [9.17, 15) is 4.79 Å². The fourth-order valence-corrected chi connectivity index (χ4v) is 5.39. The number of Topliss-reactive ketones (excluding diaryl/α,β-unsaturated/α-hetero) is 1. The van der Waals surface area contributed by atoms with Crippen molar-refractivity contribution >= 4 is 5.78 Å². The molecule has 0 aliphatic heterocycles. The number of fused-ring (bicyclic) bond motifs is 5. The van der Waals surface area contributed by atoms with Crippen molar-refractivity contribution in [3.05, 3.63) is 29.3 Å². The molecule has 21 heavy (non-hydrogen) atoms. The van der Waals surface area contributed by atoms with Gasteiger partial charge in [0.1, 0.15) is 5.78 Å². The van der Waals surface area contributed by atoms with Gasteiger partial charge in [-0.05, 0) is 73.1 Å². The minimum absolute atomic E-state index is 0.0488. The lowest BCUT2D eigenvalue weighted by atomic mass is 9.55. The molecule has 112 valence electrons. The summed E-state index contributed by atoms with van der Waals surface area (Å²) in [6, 6.07) is 5.95. The lowest BCUT2D eigenvalue weighted by molar-refractivity contribution is -0.137. The summed E-state index contributed by atoms with van der Waals surface area (Å²) in [4.78, 5) is 16.7. The molecule has 3 heteroatoms. The van der Waals surface area contributed by atoms with Gasteiger partial charge < -0.3 is 4.89 Å². The highest BCUT2D eigenvalue weighted by molar-refractivity contribution is 5.87. The van der Waals surface area contributed by atoms with Crippen LogP contribution in [-0.2, 0) is 11.2 Å². The molecule has 0 radical (unpaired) electrons. The molecule has 1 aromatic rings. The van der Waals surface area contributed by atoms with E-state index in [2.05, 4.69) is 17.9 Å². The van der Waals surface area contributed by atoms with Crippen LogP contribution in [0.3, 0.4) is 0 Å². The molecular weight excluding hydrogens is 264 g/mol. The summed E-state index contributed by atoms with van der Waals surface area (Å²) in [6.45, 7) is 2.21. The zero-order valence-corrected chi connectivity index (χ0v) is 12.5. The Hall–Kier alpha value is -1.35. The summed E-state index contributed by atoms with van der Waals surface area (Å²) in [7, 11) is 0. The highest BCUT2D eigenvalue weighted by Crippen LogP contribution is 2.59. The van der Waals surface area contributed by atoms with Gasteiger partial charge in [0.25, 0.3) is 0 Å². The first-order valence-electron chi connectivity index (χ1n) is 8.11. The van der Waals surface area contributed by atoms with Crippen LogP contribution in [0.15, 0.2) is 18.2 Å². The van der Waals surface area contributed by atoms with Crippen LogP contribution >= 0.6 is 0 Å². The molecule has 0 bridgehead atoms. The second-order valence-corrected chi connectivity index (χ2v) is 7.29. The van der Waals surface area contributed by atoms with Crippen molar-refractivity contribution < 1.29 is 14.9 Å². The van der Waals surface area contributed by atoms with Crippen LogP contribution in [0, 0.1) is 17.3 Å². The Bertz CT molecular complexity index is 594. The topological polar surface area (TPSA) is 46.5 Å². The maximum Gasteiger partial charge on any atom is 0.165 e. The van der Waals surface area contributed by atoms with Crippen LogP contribution < -0.4 is 4.89 Å². The van der Waals surface area contributed by atoms with Gasteiger partial charge in [0, 0.05) is 11.8 Å². The van der Waals surface area contributed by atoms with E-state index in [0.717, 1.165) is 32.1 Å². The van der Waals surface area contributed by atoms with E-state index in [4.69, 9.17) is 5.26 Å². The number of hydrogen-bond acceptors (Lipinski definition) is 3. The van der Waals surface area contributed by atoms with Gasteiger partial charge in [-0.25, -0.2) is 5.26 Å². The van der Waals surface area contributed by atoms with Crippen molar-refractivity contribution in [2.45, 2.75) is 51.4 Å². The summed E-state index contributed by atoms with van der Waals surface area (Å²) >= 11 is 0. The number of ketones is 1. The fraction of sp³-hybridized carbons (Fsp3) is 0.611. The number of benzene rings is 1. The third kappa shape index (κ3) is 1.80. The van der Waals surface area contributed by atoms with Crippen molar-refractivity contribution in [1.29, 1.82) is 0 Å². The lowest BCUT2D eigenvalue weighted by Gasteiger charge is -2.48. The predicted molar refractivity (Wildman–Crippen MR) is 79.3 cm³/mol. The third-order valence-corrected chi connectivity index (χ3v) is 6.51. The first-order chi connectivity index (χ1) is 10.1. The van der Waals surface area contributed by atoms with Crippen LogP contribution in [0.1, 0.15) is 56.1 Å². The Balaban J connectivity index is 1.70. The van der Waals surface area contributed by atoms with Crippen LogP contribution in [-0.4, -0.2) is 11.0 Å². The van der Waals surface area contributed by atoms with E-state index >= 15 is 0 Å². The van der Waals surface area contributed by atoms with E-state index in [1.807, 2.05) is 12.1 Å². The van der Waals surface area contributed by atoms with Crippen molar-refractivity contribution in [2.24, 2.45) is 17.3 Å². The molecule has 4 rings (SSSR count). The van der Waals surface area contributed by atoms with Gasteiger partial charge in [0.15, 0.2) is 5.75 Å². The Kier molecular flexibility index (Phi) is 2.90. The zero-order chi connectivity index (χ0) is 14.6. The van der Waals surface area contributed by atoms with Crippen molar-refractivity contribution in [3.8, 4) is 5.75 Å². The maximum atomic E-state index is 12.3. The van der Waals surface area contributed by atoms with E-state index < -0.39 is 0 Å². The summed E-state index contributed by atoms with van der Waals surface area (Å²) < 4.78 is 0. The average Bonchev–Trinajstić information content (AvgIpc) is 2.82. The molecule has 0 amide bonds. The molecule has 1 N–H and O–H groups in total. The van der Waals surface area contributed by atoms with E-state index in [0.29, 0.717) is 29.3 Å². The minimum Gasteiger partial charge on any atom is -0.340 e. The summed E-state index contributed by atoms with van der Waals surface area (Å²) in [5.74, 6) is 2.85. The molecule has 1 aromatic carbocycles. The monoisotopic (exact) mass is 286 g/mol. The molecule has 4 atom stereocenters. The fourth-order valence-electron chi connectivity index (χ4n) is 5.39. The number of rotatable bonds is 1. The molecule has 3 aliphatic rings. The molecule has 0 unspecified atom stereocenters. The summed E-state index contributed by atoms with van der Waals surface area (Å²) in [5, 5.41) is 8.82. The van der Waals surface area contributed by atoms with Gasteiger partial charge in [-0.1, -0.05) is 13.0 Å². The molecule has 0 aromatic heterocycles. The zero-order valence-electron chi connectivity index (χ0n) is 12.5. The molecular formula is C18H22O3. The predicted octanol–water partition coefficient (Wildman–Crippen LogP) is 3.96. The van der Waals surface area contributed by atoms with Gasteiger partial charge in [-0.3, -0.25) is 4.79 Å². The normalized spacial score (nSPS) is 37.6. The van der Waals surface area contributed by atoms with Crippen LogP contribution in [0.5, 0.6) is 5.75 Å². The molecule has 2 fully saturated rings. The van der Waals surface area contributed by atoms with E-state index in [-0.39, 0.29) is 5.41 Å². The molecule has 3 aliphatic carbocycles. The Morgan fingerprint density at radius 1 is 1.24 bits per heavy atom. The highest BCUT2D eigenvalue weighted by atomic mass is 17.1. The second-order valence-electron chi connectivity index (χ2n) is 7.29. The average molecular weight is 286 g/mol. The van der Waals surface area contributed by atoms with Gasteiger partial charge in [-0.15, -0.1) is 0 Å². The van der Waals surface area contributed by atoms with Crippen molar-refractivity contribution in [1.82, 2.24) is 0 Å². The number of carbonyl (C=O) groups excluding carboxylic acids is 1. The Morgan fingerprint density at radius 3 is 2.90 bits per heavy atom. The van der Waals surface area contributed by atoms with Gasteiger partial charge in [0.05, 0.1) is 0 Å². The minimum atomic E-state index is -0.0488. The molecule has 0 saturated heterocycles. The number of hydrogen-bond donors (Lipinski definition) is 1. The standard InChI is InChI=1S/C18H22O3/c1-18-9-8-14-13-5-3-12(21-20)10-11(13)2-4-15(14)16(18)6-7-17(18)19/h3,5,10,14-16,20H,2,4,6-9H2,1H3/t14-,15-,16+,18+/m1/s1. The SMILES string of the molecule is C[C@]12CC[C@@H]3c4ccc(OO)cc4CC[C@H]3[C@@H]1CCC2=O. The van der Waals surface area contributed by atoms with Crippen LogP contribution in [0.4, 0.5) is 0 Å². The smallest absolute Gasteiger partial charge is 0.165 e. The summed E-state index contributed by atoms with van der Waals surface area (Å²) in [5.41, 5.74) is 2.69. The summed E-state index contributed by atoms with van der Waals surface area (Å²) in [6.07, 6.45) is 6.23. The Labute approximate surface area is 125 Å². The second kappa shape index (κ2) is 4.57. The molecule has 2 saturated carbocycles. The lowest BCUT2D eigenvalue weighted by Crippen LogP contribution is -2.42. The van der Waals surface area contributed by atoms with Crippen molar-refractivity contribution in [2.75, 3.05) is 0 Å². The van der Waals surface area contributed by atoms with Gasteiger partial charge in [-0.2, -0.15) is 0 Å². The molecule has 3 nitrogen and oxygen atoms in total. The maximum absolute atomic E-state index is 12.3. The van der Waals surface area contributed by atoms with Crippen LogP contribution in [0.25, 0.3) is 0 Å². The first kappa shape index (κ1) is 13.3. The molecule has 0 heterocycles. The number of aryl methyl sites for hydroxylation is 1. The van der Waals surface area contributed by atoms with Gasteiger partial charge >= 0.3 is 0 Å². The van der Waals surface area contributed by atoms with E-state index in [1.165, 1.54) is 17.5 Å². The third-order valence-electron chi connectivity index (χ3n) is 6.51. The molecule has 0 spiro atoms. The van der Waals surface area contributed by atoms with Gasteiger partial charge in [0.2, 0.25) is 0 Å². The first-order valence-corrected chi connectivity index (χ1v) is 8.11. The van der Waals surface area contributed by atoms with E-state index in [1.54, 1.807) is 0 Å². The number of carbonyl (C=O) groups is 1. The van der Waals surface area contributed by atoms with Crippen LogP contribution in [0.2, 0.25) is 0 Å².